The molecule has 1 aromatic rings. The molecule has 3 N–H and O–H groups in total. The third-order valence-electron chi connectivity index (χ3n) is 3.70. The number of nitrogens with two attached hydrogens (primary N) is 1. The van der Waals surface area contributed by atoms with Gasteiger partial charge >= 0.3 is 0 Å². The molecule has 2 rings (SSSR count). The molecule has 1 aliphatic carbocycles. The van der Waals surface area contributed by atoms with Gasteiger partial charge in [0.1, 0.15) is 10.8 Å². The molecule has 0 radical (unpaired) electrons. The molecule has 2 atom stereocenters. The molecular formula is C14H17FN2OS. The van der Waals surface area contributed by atoms with Crippen LogP contribution in [0.25, 0.3) is 0 Å². The quantitative estimate of drug-likeness (QED) is 0.837. The minimum absolute atomic E-state index is 0.0178. The van der Waals surface area contributed by atoms with Gasteiger partial charge in [0.15, 0.2) is 0 Å². The molecule has 1 aliphatic rings. The fraction of sp³-hybridized carbons (Fsp3) is 0.429. The van der Waals surface area contributed by atoms with Gasteiger partial charge in [-0.3, -0.25) is 4.79 Å². The highest BCUT2D eigenvalue weighted by molar-refractivity contribution is 7.80. The van der Waals surface area contributed by atoms with E-state index < -0.39 is 5.82 Å². The highest BCUT2D eigenvalue weighted by atomic mass is 32.1. The largest absolute Gasteiger partial charge is 0.389 e. The second kappa shape index (κ2) is 5.65. The van der Waals surface area contributed by atoms with E-state index in [2.05, 4.69) is 12.2 Å². The van der Waals surface area contributed by atoms with Gasteiger partial charge in [0.25, 0.3) is 0 Å². The van der Waals surface area contributed by atoms with E-state index in [-0.39, 0.29) is 16.8 Å². The summed E-state index contributed by atoms with van der Waals surface area (Å²) in [4.78, 5) is 12.3. The number of halogens is 1. The summed E-state index contributed by atoms with van der Waals surface area (Å²) < 4.78 is 13.2. The van der Waals surface area contributed by atoms with Crippen LogP contribution in [0.5, 0.6) is 0 Å². The van der Waals surface area contributed by atoms with Crippen molar-refractivity contribution < 1.29 is 9.18 Å². The summed E-state index contributed by atoms with van der Waals surface area (Å²) in [5.41, 5.74) is 6.41. The molecule has 0 bridgehead atoms. The van der Waals surface area contributed by atoms with Gasteiger partial charge in [0.05, 0.1) is 5.69 Å². The summed E-state index contributed by atoms with van der Waals surface area (Å²) in [7, 11) is 0. The summed E-state index contributed by atoms with van der Waals surface area (Å²) in [6.07, 6.45) is 3.05. The standard InChI is InChI=1S/C14H17FN2OS/c1-8-3-2-4-10(8)14(18)17-12-6-5-9(15)7-11(12)13(16)19/h5-8,10H,2-4H2,1H3,(H2,16,19)(H,17,18). The molecule has 1 fully saturated rings. The van der Waals surface area contributed by atoms with Gasteiger partial charge in [0.2, 0.25) is 5.91 Å². The van der Waals surface area contributed by atoms with Gasteiger partial charge in [-0.1, -0.05) is 25.6 Å². The average Bonchev–Trinajstić information content (AvgIpc) is 2.77. The predicted octanol–water partition coefficient (Wildman–Crippen LogP) is 2.83. The smallest absolute Gasteiger partial charge is 0.227 e. The second-order valence-electron chi connectivity index (χ2n) is 5.06. The van der Waals surface area contributed by atoms with E-state index in [0.717, 1.165) is 19.3 Å². The first kappa shape index (κ1) is 13.9. The molecule has 0 aliphatic heterocycles. The van der Waals surface area contributed by atoms with E-state index in [4.69, 9.17) is 18.0 Å². The van der Waals surface area contributed by atoms with E-state index in [0.29, 0.717) is 17.2 Å². The Morgan fingerprint density at radius 2 is 2.21 bits per heavy atom. The van der Waals surface area contributed by atoms with Gasteiger partial charge in [-0.05, 0) is 37.0 Å². The van der Waals surface area contributed by atoms with Crippen LogP contribution in [0.4, 0.5) is 10.1 Å². The van der Waals surface area contributed by atoms with Crippen molar-refractivity contribution in [2.24, 2.45) is 17.6 Å². The lowest BCUT2D eigenvalue weighted by Gasteiger charge is -2.17. The SMILES string of the molecule is CC1CCCC1C(=O)Nc1ccc(F)cc1C(N)=S. The van der Waals surface area contributed by atoms with Crippen LogP contribution in [0.2, 0.25) is 0 Å². The lowest BCUT2D eigenvalue weighted by atomic mass is 9.97. The zero-order valence-corrected chi connectivity index (χ0v) is 11.6. The van der Waals surface area contributed by atoms with Crippen LogP contribution in [0.3, 0.4) is 0 Å². The Bertz CT molecular complexity index is 518. The second-order valence-corrected chi connectivity index (χ2v) is 5.50. The van der Waals surface area contributed by atoms with Crippen molar-refractivity contribution in [2.75, 3.05) is 5.32 Å². The minimum atomic E-state index is -0.421. The van der Waals surface area contributed by atoms with E-state index in [1.807, 2.05) is 0 Å². The Hall–Kier alpha value is -1.49. The molecule has 0 saturated heterocycles. The first-order valence-electron chi connectivity index (χ1n) is 6.39. The number of hydrogen-bond acceptors (Lipinski definition) is 2. The Morgan fingerprint density at radius 3 is 2.79 bits per heavy atom. The van der Waals surface area contributed by atoms with Crippen molar-refractivity contribution in [3.8, 4) is 0 Å². The summed E-state index contributed by atoms with van der Waals surface area (Å²) in [5, 5.41) is 2.82. The minimum Gasteiger partial charge on any atom is -0.389 e. The van der Waals surface area contributed by atoms with Crippen LogP contribution in [0.1, 0.15) is 31.7 Å². The molecule has 0 aromatic heterocycles. The van der Waals surface area contributed by atoms with Gasteiger partial charge in [0, 0.05) is 11.5 Å². The van der Waals surface area contributed by atoms with Gasteiger partial charge in [-0.2, -0.15) is 0 Å². The molecule has 1 saturated carbocycles. The van der Waals surface area contributed by atoms with E-state index in [9.17, 15) is 9.18 Å². The lowest BCUT2D eigenvalue weighted by molar-refractivity contribution is -0.120. The Labute approximate surface area is 117 Å². The Balaban J connectivity index is 2.19. The molecule has 19 heavy (non-hydrogen) atoms. The molecule has 1 amide bonds. The van der Waals surface area contributed by atoms with Crippen LogP contribution in [0, 0.1) is 17.7 Å². The van der Waals surface area contributed by atoms with Crippen LogP contribution >= 0.6 is 12.2 Å². The highest BCUT2D eigenvalue weighted by Gasteiger charge is 2.30. The van der Waals surface area contributed by atoms with Crippen molar-refractivity contribution >= 4 is 28.8 Å². The van der Waals surface area contributed by atoms with Gasteiger partial charge in [-0.15, -0.1) is 0 Å². The van der Waals surface area contributed by atoms with Crippen molar-refractivity contribution in [3.63, 3.8) is 0 Å². The lowest BCUT2D eigenvalue weighted by Crippen LogP contribution is -2.26. The maximum absolute atomic E-state index is 13.2. The van der Waals surface area contributed by atoms with Gasteiger partial charge in [-0.25, -0.2) is 4.39 Å². The molecule has 3 nitrogen and oxygen atoms in total. The van der Waals surface area contributed by atoms with E-state index >= 15 is 0 Å². The van der Waals surface area contributed by atoms with Crippen molar-refractivity contribution in [1.29, 1.82) is 0 Å². The monoisotopic (exact) mass is 280 g/mol. The molecule has 1 aromatic carbocycles. The number of anilines is 1. The molecule has 0 heterocycles. The third kappa shape index (κ3) is 3.10. The maximum Gasteiger partial charge on any atom is 0.227 e. The third-order valence-corrected chi connectivity index (χ3v) is 3.92. The summed E-state index contributed by atoms with van der Waals surface area (Å²) in [6.45, 7) is 2.08. The molecule has 5 heteroatoms. The number of rotatable bonds is 3. The first-order chi connectivity index (χ1) is 8.99. The molecule has 102 valence electrons. The zero-order valence-electron chi connectivity index (χ0n) is 10.8. The molecule has 2 unspecified atom stereocenters. The predicted molar refractivity (Wildman–Crippen MR) is 77.4 cm³/mol. The van der Waals surface area contributed by atoms with Crippen LogP contribution in [-0.4, -0.2) is 10.9 Å². The number of carbonyl (C=O) groups is 1. The number of hydrogen-bond donors (Lipinski definition) is 2. The summed E-state index contributed by atoms with van der Waals surface area (Å²) in [5.74, 6) is -0.0536. The van der Waals surface area contributed by atoms with Crippen LogP contribution in [0.15, 0.2) is 18.2 Å². The van der Waals surface area contributed by atoms with Crippen molar-refractivity contribution in [3.05, 3.63) is 29.6 Å². The highest BCUT2D eigenvalue weighted by Crippen LogP contribution is 2.32. The normalized spacial score (nSPS) is 22.2. The van der Waals surface area contributed by atoms with Crippen molar-refractivity contribution in [1.82, 2.24) is 0 Å². The van der Waals surface area contributed by atoms with E-state index in [1.165, 1.54) is 18.2 Å². The van der Waals surface area contributed by atoms with Crippen LogP contribution < -0.4 is 11.1 Å². The number of amides is 1. The Morgan fingerprint density at radius 1 is 1.47 bits per heavy atom. The number of thiocarbonyl (C=S) groups is 1. The van der Waals surface area contributed by atoms with Gasteiger partial charge < -0.3 is 11.1 Å². The fourth-order valence-electron chi connectivity index (χ4n) is 2.59. The number of carbonyl (C=O) groups excluding carboxylic acids is 1. The molecular weight excluding hydrogens is 263 g/mol. The summed E-state index contributed by atoms with van der Waals surface area (Å²) in [6, 6.07) is 4.03. The Kier molecular flexibility index (Phi) is 4.14. The first-order valence-corrected chi connectivity index (χ1v) is 6.80. The number of benzene rings is 1. The van der Waals surface area contributed by atoms with Crippen molar-refractivity contribution in [2.45, 2.75) is 26.2 Å². The summed E-state index contributed by atoms with van der Waals surface area (Å²) >= 11 is 4.88. The zero-order chi connectivity index (χ0) is 14.0. The molecule has 0 spiro atoms. The van der Waals surface area contributed by atoms with Crippen LogP contribution in [-0.2, 0) is 4.79 Å². The topological polar surface area (TPSA) is 55.1 Å². The number of nitrogens with one attached hydrogen (secondary N) is 1. The average molecular weight is 280 g/mol. The van der Waals surface area contributed by atoms with E-state index in [1.54, 1.807) is 0 Å². The maximum atomic E-state index is 13.2. The fourth-order valence-corrected chi connectivity index (χ4v) is 2.76.